The standard InChI is InChI=1S/C15H22N2O2/c1-12-6-5-9-14(15(12)17(18)19)16-11-10-13-7-3-2-4-8-13/h5-6,9,13,16H,2-4,7-8,10-11H2,1H3. The summed E-state index contributed by atoms with van der Waals surface area (Å²) in [6, 6.07) is 5.45. The number of anilines is 1. The first-order valence-corrected chi connectivity index (χ1v) is 7.16. The predicted octanol–water partition coefficient (Wildman–Crippen LogP) is 4.29. The molecule has 0 aromatic heterocycles. The van der Waals surface area contributed by atoms with Crippen molar-refractivity contribution in [1.82, 2.24) is 0 Å². The van der Waals surface area contributed by atoms with E-state index in [0.29, 0.717) is 11.3 Å². The zero-order valence-electron chi connectivity index (χ0n) is 11.5. The Morgan fingerprint density at radius 1 is 1.32 bits per heavy atom. The second-order valence-electron chi connectivity index (χ2n) is 5.45. The van der Waals surface area contributed by atoms with Gasteiger partial charge in [-0.05, 0) is 25.3 Å². The van der Waals surface area contributed by atoms with Crippen LogP contribution in [0.1, 0.15) is 44.1 Å². The van der Waals surface area contributed by atoms with E-state index in [2.05, 4.69) is 5.32 Å². The predicted molar refractivity (Wildman–Crippen MR) is 77.5 cm³/mol. The van der Waals surface area contributed by atoms with Gasteiger partial charge in [0.2, 0.25) is 0 Å². The Kier molecular flexibility index (Phi) is 4.77. The quantitative estimate of drug-likeness (QED) is 0.636. The molecule has 1 aliphatic rings. The summed E-state index contributed by atoms with van der Waals surface area (Å²) in [5, 5.41) is 14.3. The van der Waals surface area contributed by atoms with Crippen LogP contribution in [0.2, 0.25) is 0 Å². The molecule has 1 aromatic carbocycles. The Morgan fingerprint density at radius 2 is 2.05 bits per heavy atom. The lowest BCUT2D eigenvalue weighted by molar-refractivity contribution is -0.384. The molecule has 4 nitrogen and oxygen atoms in total. The Morgan fingerprint density at radius 3 is 2.74 bits per heavy atom. The van der Waals surface area contributed by atoms with E-state index in [-0.39, 0.29) is 10.6 Å². The number of hydrogen-bond acceptors (Lipinski definition) is 3. The maximum Gasteiger partial charge on any atom is 0.295 e. The summed E-state index contributed by atoms with van der Waals surface area (Å²) in [7, 11) is 0. The Labute approximate surface area is 114 Å². The summed E-state index contributed by atoms with van der Waals surface area (Å²) >= 11 is 0. The Bertz CT molecular complexity index is 440. The summed E-state index contributed by atoms with van der Waals surface area (Å²) in [5.41, 5.74) is 1.58. The highest BCUT2D eigenvalue weighted by molar-refractivity contribution is 5.64. The van der Waals surface area contributed by atoms with E-state index in [0.717, 1.165) is 18.9 Å². The van der Waals surface area contributed by atoms with Crippen molar-refractivity contribution in [3.63, 3.8) is 0 Å². The molecule has 1 saturated carbocycles. The molecule has 1 fully saturated rings. The summed E-state index contributed by atoms with van der Waals surface area (Å²) in [5.74, 6) is 0.796. The minimum Gasteiger partial charge on any atom is -0.379 e. The van der Waals surface area contributed by atoms with Crippen LogP contribution in [0.25, 0.3) is 0 Å². The van der Waals surface area contributed by atoms with Gasteiger partial charge in [-0.2, -0.15) is 0 Å². The molecule has 0 radical (unpaired) electrons. The maximum absolute atomic E-state index is 11.1. The molecule has 1 aliphatic carbocycles. The molecule has 0 heterocycles. The minimum absolute atomic E-state index is 0.214. The number of nitrogens with one attached hydrogen (secondary N) is 1. The molecule has 4 heteroatoms. The third-order valence-electron chi connectivity index (χ3n) is 4.01. The molecular weight excluding hydrogens is 240 g/mol. The molecule has 0 atom stereocenters. The van der Waals surface area contributed by atoms with Crippen molar-refractivity contribution < 1.29 is 4.92 Å². The summed E-state index contributed by atoms with van der Waals surface area (Å²) < 4.78 is 0. The molecule has 0 amide bonds. The van der Waals surface area contributed by atoms with Crippen molar-refractivity contribution >= 4 is 11.4 Å². The molecule has 1 aromatic rings. The average Bonchev–Trinajstić information content (AvgIpc) is 2.39. The highest BCUT2D eigenvalue weighted by Gasteiger charge is 2.17. The normalized spacial score (nSPS) is 16.3. The molecule has 0 saturated heterocycles. The molecule has 0 unspecified atom stereocenters. The number of hydrogen-bond donors (Lipinski definition) is 1. The number of para-hydroxylation sites is 1. The number of nitrogens with zero attached hydrogens (tertiary/aromatic N) is 1. The Hall–Kier alpha value is -1.58. The van der Waals surface area contributed by atoms with E-state index >= 15 is 0 Å². The second kappa shape index (κ2) is 6.55. The van der Waals surface area contributed by atoms with Crippen LogP contribution in [0, 0.1) is 23.0 Å². The molecule has 104 valence electrons. The van der Waals surface area contributed by atoms with Crippen molar-refractivity contribution in [3.05, 3.63) is 33.9 Å². The van der Waals surface area contributed by atoms with Crippen LogP contribution < -0.4 is 5.32 Å². The topological polar surface area (TPSA) is 55.2 Å². The molecule has 0 aliphatic heterocycles. The lowest BCUT2D eigenvalue weighted by atomic mass is 9.87. The Balaban J connectivity index is 1.92. The second-order valence-corrected chi connectivity index (χ2v) is 5.45. The van der Waals surface area contributed by atoms with Gasteiger partial charge in [0.15, 0.2) is 0 Å². The summed E-state index contributed by atoms with van der Waals surface area (Å²) in [6.07, 6.45) is 7.80. The lowest BCUT2D eigenvalue weighted by Crippen LogP contribution is -2.13. The molecule has 1 N–H and O–H groups in total. The number of nitro groups is 1. The van der Waals surface area contributed by atoms with E-state index in [9.17, 15) is 10.1 Å². The zero-order valence-corrected chi connectivity index (χ0v) is 11.5. The lowest BCUT2D eigenvalue weighted by Gasteiger charge is -2.21. The minimum atomic E-state index is -0.293. The van der Waals surface area contributed by atoms with Crippen LogP contribution in [0.5, 0.6) is 0 Å². The van der Waals surface area contributed by atoms with Crippen LogP contribution in [-0.2, 0) is 0 Å². The third-order valence-corrected chi connectivity index (χ3v) is 4.01. The van der Waals surface area contributed by atoms with Crippen LogP contribution in [0.3, 0.4) is 0 Å². The third kappa shape index (κ3) is 3.69. The van der Waals surface area contributed by atoms with Gasteiger partial charge >= 0.3 is 0 Å². The van der Waals surface area contributed by atoms with Gasteiger partial charge in [0.25, 0.3) is 5.69 Å². The van der Waals surface area contributed by atoms with E-state index in [1.807, 2.05) is 6.07 Å². The van der Waals surface area contributed by atoms with E-state index in [1.54, 1.807) is 19.1 Å². The molecule has 0 bridgehead atoms. The molecular formula is C15H22N2O2. The van der Waals surface area contributed by atoms with Gasteiger partial charge in [-0.1, -0.05) is 44.2 Å². The number of rotatable bonds is 5. The monoisotopic (exact) mass is 262 g/mol. The smallest absolute Gasteiger partial charge is 0.295 e. The fraction of sp³-hybridized carbons (Fsp3) is 0.600. The van der Waals surface area contributed by atoms with Crippen molar-refractivity contribution in [1.29, 1.82) is 0 Å². The van der Waals surface area contributed by atoms with Gasteiger partial charge in [0.1, 0.15) is 5.69 Å². The van der Waals surface area contributed by atoms with Gasteiger partial charge < -0.3 is 5.32 Å². The fourth-order valence-electron chi connectivity index (χ4n) is 2.93. The van der Waals surface area contributed by atoms with Crippen molar-refractivity contribution in [2.24, 2.45) is 5.92 Å². The SMILES string of the molecule is Cc1cccc(NCCC2CCCCC2)c1[N+](=O)[O-]. The summed E-state index contributed by atoms with van der Waals surface area (Å²) in [4.78, 5) is 10.8. The first kappa shape index (κ1) is 13.8. The van der Waals surface area contributed by atoms with E-state index < -0.39 is 0 Å². The van der Waals surface area contributed by atoms with E-state index in [1.165, 1.54) is 32.1 Å². The largest absolute Gasteiger partial charge is 0.379 e. The van der Waals surface area contributed by atoms with Gasteiger partial charge in [-0.25, -0.2) is 0 Å². The van der Waals surface area contributed by atoms with Crippen molar-refractivity contribution in [2.75, 3.05) is 11.9 Å². The maximum atomic E-state index is 11.1. The first-order chi connectivity index (χ1) is 9.18. The van der Waals surface area contributed by atoms with Crippen LogP contribution >= 0.6 is 0 Å². The number of benzene rings is 1. The number of nitro benzene ring substituents is 1. The zero-order chi connectivity index (χ0) is 13.7. The molecule has 2 rings (SSSR count). The van der Waals surface area contributed by atoms with E-state index in [4.69, 9.17) is 0 Å². The fourth-order valence-corrected chi connectivity index (χ4v) is 2.93. The van der Waals surface area contributed by atoms with Crippen LogP contribution in [0.15, 0.2) is 18.2 Å². The van der Waals surface area contributed by atoms with Gasteiger partial charge in [0, 0.05) is 12.1 Å². The van der Waals surface area contributed by atoms with Gasteiger partial charge in [0.05, 0.1) is 4.92 Å². The first-order valence-electron chi connectivity index (χ1n) is 7.16. The average molecular weight is 262 g/mol. The van der Waals surface area contributed by atoms with Crippen LogP contribution in [0.4, 0.5) is 11.4 Å². The van der Waals surface area contributed by atoms with Crippen molar-refractivity contribution in [2.45, 2.75) is 45.4 Å². The van der Waals surface area contributed by atoms with Gasteiger partial charge in [-0.15, -0.1) is 0 Å². The molecule has 19 heavy (non-hydrogen) atoms. The number of aryl methyl sites for hydroxylation is 1. The van der Waals surface area contributed by atoms with Gasteiger partial charge in [-0.3, -0.25) is 10.1 Å². The molecule has 0 spiro atoms. The van der Waals surface area contributed by atoms with Crippen molar-refractivity contribution in [3.8, 4) is 0 Å². The van der Waals surface area contributed by atoms with Crippen LogP contribution in [-0.4, -0.2) is 11.5 Å². The summed E-state index contributed by atoms with van der Waals surface area (Å²) in [6.45, 7) is 2.61. The highest BCUT2D eigenvalue weighted by Crippen LogP contribution is 2.29. The highest BCUT2D eigenvalue weighted by atomic mass is 16.6.